The molecule has 7 rings (SSSR count). The highest BCUT2D eigenvalue weighted by Gasteiger charge is 2.41. The molecule has 0 saturated carbocycles. The molecule has 4 aromatic carbocycles. The van der Waals surface area contributed by atoms with Gasteiger partial charge < -0.3 is 0 Å². The Morgan fingerprint density at radius 2 is 0.929 bits per heavy atom. The molecule has 2 bridgehead atoms. The topological polar surface area (TPSA) is 17.1 Å². The zero-order valence-electron chi connectivity index (χ0n) is 15.3. The van der Waals surface area contributed by atoms with Crippen LogP contribution in [0.25, 0.3) is 0 Å². The summed E-state index contributed by atoms with van der Waals surface area (Å²) < 4.78 is 0. The highest BCUT2D eigenvalue weighted by molar-refractivity contribution is 6.09. The molecular formula is C27H18O. The summed E-state index contributed by atoms with van der Waals surface area (Å²) >= 11 is 0. The SMILES string of the molecule is O=C(c1ccccc1)c1ccc2c(c1)C1c3ccccc3C2c2ccccc21. The van der Waals surface area contributed by atoms with Crippen molar-refractivity contribution in [1.29, 1.82) is 0 Å². The summed E-state index contributed by atoms with van der Waals surface area (Å²) in [6.07, 6.45) is 0. The van der Waals surface area contributed by atoms with E-state index in [-0.39, 0.29) is 17.6 Å². The lowest BCUT2D eigenvalue weighted by molar-refractivity contribution is 0.103. The van der Waals surface area contributed by atoms with Gasteiger partial charge in [0.15, 0.2) is 5.78 Å². The fourth-order valence-corrected chi connectivity index (χ4v) is 5.06. The van der Waals surface area contributed by atoms with Crippen molar-refractivity contribution in [3.05, 3.63) is 142 Å². The molecule has 132 valence electrons. The van der Waals surface area contributed by atoms with Gasteiger partial charge in [-0.15, -0.1) is 0 Å². The van der Waals surface area contributed by atoms with E-state index in [1.807, 2.05) is 36.4 Å². The fraction of sp³-hybridized carbons (Fsp3) is 0.0741. The summed E-state index contributed by atoms with van der Waals surface area (Å²) in [6.45, 7) is 0. The van der Waals surface area contributed by atoms with Crippen LogP contribution in [0.15, 0.2) is 97.1 Å². The molecule has 1 nitrogen and oxygen atoms in total. The first-order chi connectivity index (χ1) is 13.8. The molecule has 3 aliphatic rings. The molecule has 0 spiro atoms. The lowest BCUT2D eigenvalue weighted by Crippen LogP contribution is -2.27. The van der Waals surface area contributed by atoms with Gasteiger partial charge in [0.2, 0.25) is 0 Å². The number of benzene rings is 4. The van der Waals surface area contributed by atoms with Crippen LogP contribution >= 0.6 is 0 Å². The standard InChI is InChI=1S/C27H18O/c28-27(17-8-2-1-3-9-17)18-14-15-23-24(16-18)26-21-12-6-4-10-19(21)25(23)20-11-5-7-13-22(20)26/h1-16,25-26H. The second kappa shape index (κ2) is 5.77. The average Bonchev–Trinajstić information content (AvgIpc) is 2.78. The van der Waals surface area contributed by atoms with Gasteiger partial charge in [-0.2, -0.15) is 0 Å². The minimum Gasteiger partial charge on any atom is -0.289 e. The Kier molecular flexibility index (Phi) is 3.21. The fourth-order valence-electron chi connectivity index (χ4n) is 5.06. The van der Waals surface area contributed by atoms with Gasteiger partial charge in [0.05, 0.1) is 0 Å². The van der Waals surface area contributed by atoms with Crippen LogP contribution in [0.2, 0.25) is 0 Å². The number of hydrogen-bond acceptors (Lipinski definition) is 1. The van der Waals surface area contributed by atoms with Crippen molar-refractivity contribution in [2.75, 3.05) is 0 Å². The smallest absolute Gasteiger partial charge is 0.193 e. The molecule has 4 aromatic rings. The van der Waals surface area contributed by atoms with E-state index in [4.69, 9.17) is 0 Å². The molecule has 0 fully saturated rings. The molecule has 0 radical (unpaired) electrons. The van der Waals surface area contributed by atoms with E-state index in [1.165, 1.54) is 33.4 Å². The van der Waals surface area contributed by atoms with E-state index in [0.29, 0.717) is 0 Å². The van der Waals surface area contributed by atoms with Crippen LogP contribution in [0.1, 0.15) is 61.1 Å². The molecule has 0 aromatic heterocycles. The lowest BCUT2D eigenvalue weighted by Gasteiger charge is -2.42. The first-order valence-electron chi connectivity index (χ1n) is 9.74. The van der Waals surface area contributed by atoms with E-state index < -0.39 is 0 Å². The number of carbonyl (C=O) groups excluding carboxylic acids is 1. The van der Waals surface area contributed by atoms with Gasteiger partial charge in [0, 0.05) is 23.0 Å². The Labute approximate surface area is 164 Å². The van der Waals surface area contributed by atoms with Gasteiger partial charge in [-0.25, -0.2) is 0 Å². The normalized spacial score (nSPS) is 18.1. The molecular weight excluding hydrogens is 340 g/mol. The van der Waals surface area contributed by atoms with E-state index in [2.05, 4.69) is 60.7 Å². The van der Waals surface area contributed by atoms with Crippen LogP contribution in [-0.2, 0) is 0 Å². The van der Waals surface area contributed by atoms with Crippen LogP contribution in [0.5, 0.6) is 0 Å². The highest BCUT2D eigenvalue weighted by atomic mass is 16.1. The molecule has 0 aliphatic heterocycles. The molecule has 0 amide bonds. The van der Waals surface area contributed by atoms with Crippen LogP contribution in [0.4, 0.5) is 0 Å². The monoisotopic (exact) mass is 358 g/mol. The zero-order chi connectivity index (χ0) is 18.7. The van der Waals surface area contributed by atoms with Gasteiger partial charge in [0.25, 0.3) is 0 Å². The van der Waals surface area contributed by atoms with E-state index in [0.717, 1.165) is 11.1 Å². The molecule has 0 heterocycles. The van der Waals surface area contributed by atoms with Crippen molar-refractivity contribution in [2.45, 2.75) is 11.8 Å². The Hall–Kier alpha value is -3.45. The predicted octanol–water partition coefficient (Wildman–Crippen LogP) is 5.90. The summed E-state index contributed by atoms with van der Waals surface area (Å²) in [7, 11) is 0. The zero-order valence-corrected chi connectivity index (χ0v) is 15.3. The number of rotatable bonds is 2. The van der Waals surface area contributed by atoms with Gasteiger partial charge in [-0.3, -0.25) is 4.79 Å². The Balaban J connectivity index is 1.56. The number of hydrogen-bond donors (Lipinski definition) is 0. The van der Waals surface area contributed by atoms with Crippen LogP contribution in [0.3, 0.4) is 0 Å². The van der Waals surface area contributed by atoms with Crippen molar-refractivity contribution in [2.24, 2.45) is 0 Å². The lowest BCUT2D eigenvalue weighted by atomic mass is 9.61. The quantitative estimate of drug-likeness (QED) is 0.352. The summed E-state index contributed by atoms with van der Waals surface area (Å²) in [5, 5.41) is 0. The molecule has 0 N–H and O–H groups in total. The van der Waals surface area contributed by atoms with Gasteiger partial charge in [0.1, 0.15) is 0 Å². The van der Waals surface area contributed by atoms with Crippen molar-refractivity contribution in [3.8, 4) is 0 Å². The third-order valence-electron chi connectivity index (χ3n) is 6.24. The molecule has 3 aliphatic carbocycles. The summed E-state index contributed by atoms with van der Waals surface area (Å²) in [5.41, 5.74) is 9.69. The highest BCUT2D eigenvalue weighted by Crippen LogP contribution is 2.55. The van der Waals surface area contributed by atoms with Gasteiger partial charge in [-0.05, 0) is 39.4 Å². The third kappa shape index (κ3) is 2.05. The van der Waals surface area contributed by atoms with Crippen LogP contribution in [0, 0.1) is 0 Å². The average molecular weight is 358 g/mol. The maximum absolute atomic E-state index is 13.0. The number of ketones is 1. The Bertz CT molecular complexity index is 1190. The maximum Gasteiger partial charge on any atom is 0.193 e. The minimum atomic E-state index is 0.0893. The summed E-state index contributed by atoms with van der Waals surface area (Å²) in [4.78, 5) is 13.0. The second-order valence-electron chi connectivity index (χ2n) is 7.66. The summed E-state index contributed by atoms with van der Waals surface area (Å²) in [5.74, 6) is 0.551. The van der Waals surface area contributed by atoms with Gasteiger partial charge >= 0.3 is 0 Å². The van der Waals surface area contributed by atoms with E-state index in [9.17, 15) is 4.79 Å². The first-order valence-corrected chi connectivity index (χ1v) is 9.74. The maximum atomic E-state index is 13.0. The first kappa shape index (κ1) is 15.6. The molecule has 28 heavy (non-hydrogen) atoms. The van der Waals surface area contributed by atoms with Crippen LogP contribution in [-0.4, -0.2) is 5.78 Å². The van der Waals surface area contributed by atoms with Crippen molar-refractivity contribution < 1.29 is 4.79 Å². The largest absolute Gasteiger partial charge is 0.289 e. The van der Waals surface area contributed by atoms with Crippen molar-refractivity contribution >= 4 is 5.78 Å². The van der Waals surface area contributed by atoms with Crippen LogP contribution < -0.4 is 0 Å². The molecule has 0 saturated heterocycles. The summed E-state index contributed by atoms with van der Waals surface area (Å²) in [6, 6.07) is 33.4. The minimum absolute atomic E-state index is 0.0893. The number of carbonyl (C=O) groups is 1. The van der Waals surface area contributed by atoms with Crippen molar-refractivity contribution in [3.63, 3.8) is 0 Å². The van der Waals surface area contributed by atoms with E-state index in [1.54, 1.807) is 0 Å². The molecule has 0 atom stereocenters. The molecule has 0 unspecified atom stereocenters. The third-order valence-corrected chi connectivity index (χ3v) is 6.24. The Morgan fingerprint density at radius 3 is 1.50 bits per heavy atom. The van der Waals surface area contributed by atoms with Gasteiger partial charge in [-0.1, -0.05) is 91.0 Å². The van der Waals surface area contributed by atoms with E-state index >= 15 is 0 Å². The Morgan fingerprint density at radius 1 is 0.464 bits per heavy atom. The second-order valence-corrected chi connectivity index (χ2v) is 7.66. The molecule has 1 heteroatoms. The van der Waals surface area contributed by atoms with Crippen molar-refractivity contribution in [1.82, 2.24) is 0 Å². The predicted molar refractivity (Wildman–Crippen MR) is 111 cm³/mol.